The average molecular weight is 584 g/mol. The second kappa shape index (κ2) is 14.4. The number of ether oxygens (including phenoxy) is 3. The number of hydrogen-bond donors (Lipinski definition) is 1. The monoisotopic (exact) mass is 583 g/mol. The summed E-state index contributed by atoms with van der Waals surface area (Å²) in [6.07, 6.45) is 0.732. The van der Waals surface area contributed by atoms with Crippen LogP contribution >= 0.6 is 0 Å². The first-order valence-corrected chi connectivity index (χ1v) is 14.6. The Morgan fingerprint density at radius 1 is 0.878 bits per heavy atom. The fourth-order valence-electron chi connectivity index (χ4n) is 4.13. The Kier molecular flexibility index (Phi) is 11.0. The van der Waals surface area contributed by atoms with Gasteiger partial charge in [0.15, 0.2) is 11.5 Å². The van der Waals surface area contributed by atoms with E-state index in [1.807, 2.05) is 6.92 Å². The van der Waals surface area contributed by atoms with E-state index < -0.39 is 28.5 Å². The van der Waals surface area contributed by atoms with Gasteiger partial charge in [0.1, 0.15) is 18.3 Å². The SMILES string of the molecule is CCCNC(=O)C(C)N(Cc1ccc(OC)cc1)C(=O)CN(c1ccccc1)S(=O)(=O)c1ccc(OC)c(OC)c1. The van der Waals surface area contributed by atoms with Crippen molar-refractivity contribution in [1.29, 1.82) is 0 Å². The van der Waals surface area contributed by atoms with Gasteiger partial charge in [-0.3, -0.25) is 13.9 Å². The number of amides is 2. The minimum absolute atomic E-state index is 0.0813. The number of benzene rings is 3. The third kappa shape index (κ3) is 7.69. The number of para-hydroxylation sites is 1. The van der Waals surface area contributed by atoms with Crippen LogP contribution in [0.5, 0.6) is 17.2 Å². The van der Waals surface area contributed by atoms with Gasteiger partial charge in [-0.05, 0) is 55.3 Å². The third-order valence-corrected chi connectivity index (χ3v) is 8.26. The first kappa shape index (κ1) is 31.3. The van der Waals surface area contributed by atoms with Crippen molar-refractivity contribution in [2.24, 2.45) is 0 Å². The molecule has 1 N–H and O–H groups in total. The zero-order valence-electron chi connectivity index (χ0n) is 24.0. The molecule has 0 saturated carbocycles. The molecule has 3 rings (SSSR count). The Morgan fingerprint density at radius 2 is 1.54 bits per heavy atom. The molecule has 0 bridgehead atoms. The molecule has 0 spiro atoms. The number of methoxy groups -OCH3 is 3. The lowest BCUT2D eigenvalue weighted by Crippen LogP contribution is -2.51. The topological polar surface area (TPSA) is 114 Å². The summed E-state index contributed by atoms with van der Waals surface area (Å²) in [4.78, 5) is 28.2. The fraction of sp³-hybridized carbons (Fsp3) is 0.333. The Labute approximate surface area is 241 Å². The predicted octanol–water partition coefficient (Wildman–Crippen LogP) is 3.85. The van der Waals surface area contributed by atoms with E-state index in [4.69, 9.17) is 14.2 Å². The van der Waals surface area contributed by atoms with E-state index >= 15 is 0 Å². The Bertz CT molecular complexity index is 1410. The molecule has 0 radical (unpaired) electrons. The Balaban J connectivity index is 2.02. The second-order valence-corrected chi connectivity index (χ2v) is 11.1. The van der Waals surface area contributed by atoms with E-state index in [0.29, 0.717) is 23.7 Å². The number of hydrogen-bond acceptors (Lipinski definition) is 7. The molecule has 3 aromatic carbocycles. The summed E-state index contributed by atoms with van der Waals surface area (Å²) in [5.41, 5.74) is 1.05. The van der Waals surface area contributed by atoms with Gasteiger partial charge in [-0.2, -0.15) is 0 Å². The van der Waals surface area contributed by atoms with Crippen LogP contribution in [-0.4, -0.2) is 65.6 Å². The molecule has 220 valence electrons. The van der Waals surface area contributed by atoms with E-state index in [9.17, 15) is 18.0 Å². The van der Waals surface area contributed by atoms with Crippen LogP contribution in [0, 0.1) is 0 Å². The van der Waals surface area contributed by atoms with Gasteiger partial charge in [0.25, 0.3) is 10.0 Å². The molecule has 41 heavy (non-hydrogen) atoms. The van der Waals surface area contributed by atoms with E-state index in [-0.39, 0.29) is 23.1 Å². The highest BCUT2D eigenvalue weighted by molar-refractivity contribution is 7.92. The van der Waals surface area contributed by atoms with Crippen molar-refractivity contribution >= 4 is 27.5 Å². The number of nitrogens with one attached hydrogen (secondary N) is 1. The maximum absolute atomic E-state index is 14.0. The van der Waals surface area contributed by atoms with Crippen LogP contribution in [0.4, 0.5) is 5.69 Å². The van der Waals surface area contributed by atoms with Crippen LogP contribution in [0.3, 0.4) is 0 Å². The number of nitrogens with zero attached hydrogens (tertiary/aromatic N) is 2. The van der Waals surface area contributed by atoms with E-state index in [1.165, 1.54) is 37.3 Å². The Hall–Kier alpha value is -4.25. The third-order valence-electron chi connectivity index (χ3n) is 6.49. The molecule has 1 atom stereocenters. The predicted molar refractivity (Wildman–Crippen MR) is 157 cm³/mol. The van der Waals surface area contributed by atoms with Gasteiger partial charge in [0, 0.05) is 19.2 Å². The fourth-order valence-corrected chi connectivity index (χ4v) is 5.56. The summed E-state index contributed by atoms with van der Waals surface area (Å²) in [6, 6.07) is 18.8. The summed E-state index contributed by atoms with van der Waals surface area (Å²) < 4.78 is 44.8. The number of rotatable bonds is 14. The number of anilines is 1. The van der Waals surface area contributed by atoms with E-state index in [2.05, 4.69) is 5.32 Å². The van der Waals surface area contributed by atoms with Gasteiger partial charge in [0.2, 0.25) is 11.8 Å². The lowest BCUT2D eigenvalue weighted by Gasteiger charge is -2.32. The number of carbonyl (C=O) groups is 2. The smallest absolute Gasteiger partial charge is 0.264 e. The molecule has 0 heterocycles. The summed E-state index contributed by atoms with van der Waals surface area (Å²) in [6.45, 7) is 3.56. The van der Waals surface area contributed by atoms with Gasteiger partial charge >= 0.3 is 0 Å². The van der Waals surface area contributed by atoms with E-state index in [0.717, 1.165) is 16.3 Å². The molecule has 2 amide bonds. The number of carbonyl (C=O) groups excluding carboxylic acids is 2. The van der Waals surface area contributed by atoms with Crippen molar-refractivity contribution in [3.8, 4) is 17.2 Å². The van der Waals surface area contributed by atoms with Crippen LogP contribution < -0.4 is 23.8 Å². The largest absolute Gasteiger partial charge is 0.497 e. The first-order chi connectivity index (χ1) is 19.7. The lowest BCUT2D eigenvalue weighted by molar-refractivity contribution is -0.139. The van der Waals surface area contributed by atoms with Crippen LogP contribution in [0.15, 0.2) is 77.7 Å². The molecule has 0 aliphatic rings. The highest BCUT2D eigenvalue weighted by Gasteiger charge is 2.33. The van der Waals surface area contributed by atoms with E-state index in [1.54, 1.807) is 68.6 Å². The van der Waals surface area contributed by atoms with Crippen molar-refractivity contribution in [2.45, 2.75) is 37.8 Å². The minimum atomic E-state index is -4.25. The van der Waals surface area contributed by atoms with Gasteiger partial charge in [-0.1, -0.05) is 37.3 Å². The number of sulfonamides is 1. The highest BCUT2D eigenvalue weighted by atomic mass is 32.2. The quantitative estimate of drug-likeness (QED) is 0.307. The first-order valence-electron chi connectivity index (χ1n) is 13.2. The maximum Gasteiger partial charge on any atom is 0.264 e. The van der Waals surface area contributed by atoms with Crippen LogP contribution in [-0.2, 0) is 26.2 Å². The summed E-state index contributed by atoms with van der Waals surface area (Å²) in [5, 5.41) is 2.83. The molecular weight excluding hydrogens is 546 g/mol. The zero-order chi connectivity index (χ0) is 30.0. The second-order valence-electron chi connectivity index (χ2n) is 9.20. The molecule has 1 unspecified atom stereocenters. The summed E-state index contributed by atoms with van der Waals surface area (Å²) in [7, 11) is 0.174. The zero-order valence-corrected chi connectivity index (χ0v) is 24.8. The molecule has 0 saturated heterocycles. The molecular formula is C30H37N3O7S. The standard InChI is InChI=1S/C30H37N3O7S/c1-6-18-31-30(35)22(2)32(20-23-12-14-25(38-3)15-13-23)29(34)21-33(24-10-8-7-9-11-24)41(36,37)26-16-17-27(39-4)28(19-26)40-5/h7-17,19,22H,6,18,20-21H2,1-5H3,(H,31,35). The van der Waals surface area contributed by atoms with Crippen molar-refractivity contribution < 1.29 is 32.2 Å². The van der Waals surface area contributed by atoms with Crippen molar-refractivity contribution in [3.63, 3.8) is 0 Å². The average Bonchev–Trinajstić information content (AvgIpc) is 3.00. The molecule has 0 aliphatic heterocycles. The van der Waals surface area contributed by atoms with Gasteiger partial charge < -0.3 is 24.4 Å². The van der Waals surface area contributed by atoms with Crippen molar-refractivity contribution in [2.75, 3.05) is 38.7 Å². The minimum Gasteiger partial charge on any atom is -0.497 e. The lowest BCUT2D eigenvalue weighted by atomic mass is 10.1. The highest BCUT2D eigenvalue weighted by Crippen LogP contribution is 2.32. The molecule has 0 aromatic heterocycles. The van der Waals surface area contributed by atoms with Crippen LogP contribution in [0.1, 0.15) is 25.8 Å². The summed E-state index contributed by atoms with van der Waals surface area (Å²) >= 11 is 0. The van der Waals surface area contributed by atoms with Gasteiger partial charge in [-0.15, -0.1) is 0 Å². The van der Waals surface area contributed by atoms with Gasteiger partial charge in [-0.25, -0.2) is 8.42 Å². The maximum atomic E-state index is 14.0. The van der Waals surface area contributed by atoms with Crippen molar-refractivity contribution in [1.82, 2.24) is 10.2 Å². The van der Waals surface area contributed by atoms with Crippen molar-refractivity contribution in [3.05, 3.63) is 78.4 Å². The Morgan fingerprint density at radius 3 is 2.12 bits per heavy atom. The van der Waals surface area contributed by atoms with Crippen LogP contribution in [0.2, 0.25) is 0 Å². The molecule has 10 nitrogen and oxygen atoms in total. The normalized spacial score (nSPS) is 11.7. The molecule has 3 aromatic rings. The van der Waals surface area contributed by atoms with Gasteiger partial charge in [0.05, 0.1) is 31.9 Å². The molecule has 0 aliphatic carbocycles. The molecule has 11 heteroatoms. The summed E-state index contributed by atoms with van der Waals surface area (Å²) in [5.74, 6) is 0.369. The van der Waals surface area contributed by atoms with Crippen LogP contribution in [0.25, 0.3) is 0 Å². The molecule has 0 fully saturated rings.